The second-order valence-electron chi connectivity index (χ2n) is 8.43. The van der Waals surface area contributed by atoms with Gasteiger partial charge in [0.2, 0.25) is 11.8 Å². The topological polar surface area (TPSA) is 59.0 Å². The maximum absolute atomic E-state index is 13.5. The number of para-hydroxylation sites is 1. The molecule has 5 heteroatoms. The smallest absolute Gasteiger partial charge is 0.238 e. The van der Waals surface area contributed by atoms with Crippen molar-refractivity contribution >= 4 is 23.4 Å². The number of benzene rings is 1. The average Bonchev–Trinajstić information content (AvgIpc) is 3.16. The van der Waals surface area contributed by atoms with Crippen LogP contribution in [-0.4, -0.2) is 29.9 Å². The van der Waals surface area contributed by atoms with Crippen LogP contribution < -0.4 is 4.90 Å². The SMILES string of the molecule is CCOC1=N[C@]23CCC[C@]12[C@H]1C=C[C@H]3[C@@H]2C(=O)N(c3ccccc3)C(=O)[C@H]21. The Morgan fingerprint density at radius 1 is 1.07 bits per heavy atom. The first-order valence-corrected chi connectivity index (χ1v) is 10.00. The van der Waals surface area contributed by atoms with Crippen molar-refractivity contribution in [1.82, 2.24) is 0 Å². The molecule has 0 unspecified atom stereocenters. The highest BCUT2D eigenvalue weighted by Crippen LogP contribution is 2.74. The molecule has 0 N–H and O–H groups in total. The Labute approximate surface area is 158 Å². The minimum Gasteiger partial charge on any atom is -0.481 e. The maximum atomic E-state index is 13.5. The number of hydrogen-bond acceptors (Lipinski definition) is 4. The Hall–Kier alpha value is -2.43. The van der Waals surface area contributed by atoms with Crippen LogP contribution in [-0.2, 0) is 14.3 Å². The predicted molar refractivity (Wildman–Crippen MR) is 100 cm³/mol. The molecule has 2 bridgehead atoms. The van der Waals surface area contributed by atoms with E-state index in [1.807, 2.05) is 37.3 Å². The third-order valence-corrected chi connectivity index (χ3v) is 7.70. The molecule has 5 nitrogen and oxygen atoms in total. The molecule has 1 saturated heterocycles. The number of carbonyl (C=O) groups excluding carboxylic acids is 2. The number of carbonyl (C=O) groups is 2. The molecule has 138 valence electrons. The molecule has 2 heterocycles. The van der Waals surface area contributed by atoms with E-state index in [1.165, 1.54) is 4.90 Å². The van der Waals surface area contributed by atoms with Crippen LogP contribution in [0.15, 0.2) is 47.5 Å². The zero-order valence-corrected chi connectivity index (χ0v) is 15.3. The molecule has 6 aliphatic rings. The lowest BCUT2D eigenvalue weighted by Crippen LogP contribution is -2.72. The summed E-state index contributed by atoms with van der Waals surface area (Å²) in [5, 5.41) is 0. The molecule has 2 saturated carbocycles. The van der Waals surface area contributed by atoms with Gasteiger partial charge in [0, 0.05) is 11.8 Å². The summed E-state index contributed by atoms with van der Waals surface area (Å²) < 4.78 is 5.93. The number of allylic oxidation sites excluding steroid dienone is 1. The van der Waals surface area contributed by atoms with E-state index >= 15 is 0 Å². The molecule has 0 aromatic heterocycles. The first-order chi connectivity index (χ1) is 13.2. The summed E-state index contributed by atoms with van der Waals surface area (Å²) in [5.74, 6) is 0.177. The summed E-state index contributed by atoms with van der Waals surface area (Å²) in [7, 11) is 0. The highest BCUT2D eigenvalue weighted by atomic mass is 16.5. The van der Waals surface area contributed by atoms with Gasteiger partial charge in [-0.3, -0.25) is 14.5 Å². The molecule has 4 aliphatic carbocycles. The van der Waals surface area contributed by atoms with Gasteiger partial charge in [-0.25, -0.2) is 4.99 Å². The quantitative estimate of drug-likeness (QED) is 0.600. The summed E-state index contributed by atoms with van der Waals surface area (Å²) in [6, 6.07) is 9.33. The van der Waals surface area contributed by atoms with Gasteiger partial charge >= 0.3 is 0 Å². The van der Waals surface area contributed by atoms with E-state index in [9.17, 15) is 9.59 Å². The number of nitrogens with zero attached hydrogens (tertiary/aromatic N) is 2. The fourth-order valence-electron chi connectivity index (χ4n) is 6.89. The molecule has 27 heavy (non-hydrogen) atoms. The van der Waals surface area contributed by atoms with Gasteiger partial charge in [-0.15, -0.1) is 0 Å². The lowest BCUT2D eigenvalue weighted by molar-refractivity contribution is -0.135. The van der Waals surface area contributed by atoms with Crippen molar-refractivity contribution < 1.29 is 14.3 Å². The summed E-state index contributed by atoms with van der Waals surface area (Å²) in [4.78, 5) is 33.3. The maximum Gasteiger partial charge on any atom is 0.238 e. The third-order valence-electron chi connectivity index (χ3n) is 7.70. The van der Waals surface area contributed by atoms with Crippen molar-refractivity contribution in [3.8, 4) is 0 Å². The Bertz CT molecular complexity index is 923. The number of amides is 2. The van der Waals surface area contributed by atoms with Gasteiger partial charge in [0.05, 0.1) is 35.1 Å². The first-order valence-electron chi connectivity index (χ1n) is 10.00. The highest BCUT2D eigenvalue weighted by molar-refractivity contribution is 6.23. The Morgan fingerprint density at radius 3 is 2.52 bits per heavy atom. The Morgan fingerprint density at radius 2 is 1.78 bits per heavy atom. The third kappa shape index (κ3) is 1.50. The summed E-state index contributed by atoms with van der Waals surface area (Å²) in [6.45, 7) is 2.57. The summed E-state index contributed by atoms with van der Waals surface area (Å²) in [6.07, 6.45) is 7.46. The van der Waals surface area contributed by atoms with Crippen LogP contribution in [0.3, 0.4) is 0 Å². The molecule has 0 radical (unpaired) electrons. The summed E-state index contributed by atoms with van der Waals surface area (Å²) >= 11 is 0. The largest absolute Gasteiger partial charge is 0.481 e. The van der Waals surface area contributed by atoms with E-state index < -0.39 is 0 Å². The van der Waals surface area contributed by atoms with Gasteiger partial charge in [0.25, 0.3) is 0 Å². The van der Waals surface area contributed by atoms with Crippen LogP contribution in [0.1, 0.15) is 26.2 Å². The molecule has 3 fully saturated rings. The summed E-state index contributed by atoms with van der Waals surface area (Å²) in [5.41, 5.74) is 0.271. The van der Waals surface area contributed by atoms with E-state index in [0.717, 1.165) is 25.2 Å². The molecular weight excluding hydrogens is 340 g/mol. The number of imide groups is 1. The van der Waals surface area contributed by atoms with Gasteiger partial charge in [-0.1, -0.05) is 30.4 Å². The molecular formula is C22H22N2O3. The molecule has 6 atom stereocenters. The number of rotatable bonds is 2. The van der Waals surface area contributed by atoms with Gasteiger partial charge in [0.15, 0.2) is 5.90 Å². The lowest BCUT2D eigenvalue weighted by Gasteiger charge is -2.64. The molecule has 2 aliphatic heterocycles. The van der Waals surface area contributed by atoms with E-state index in [1.54, 1.807) is 0 Å². The van der Waals surface area contributed by atoms with Gasteiger partial charge in [0.1, 0.15) is 0 Å². The van der Waals surface area contributed by atoms with Crippen LogP contribution in [0.5, 0.6) is 0 Å². The van der Waals surface area contributed by atoms with Crippen molar-refractivity contribution in [2.24, 2.45) is 34.1 Å². The van der Waals surface area contributed by atoms with E-state index in [-0.39, 0.29) is 46.4 Å². The van der Waals surface area contributed by atoms with Crippen molar-refractivity contribution in [1.29, 1.82) is 0 Å². The standard InChI is InChI=1S/C22H22N2O3/c1-2-27-20-21-11-6-12-22(21,23-20)15-10-9-14(21)16-17(15)19(26)24(18(16)25)13-7-4-3-5-8-13/h3-5,7-10,14-17H,2,6,11-12H2,1H3/t14-,15-,16-,17-,21-,22-/m0/s1. The minimum absolute atomic E-state index is 0.00404. The van der Waals surface area contributed by atoms with Crippen molar-refractivity contribution in [3.05, 3.63) is 42.5 Å². The predicted octanol–water partition coefficient (Wildman–Crippen LogP) is 2.97. The second-order valence-corrected chi connectivity index (χ2v) is 8.43. The Balaban J connectivity index is 1.49. The second kappa shape index (κ2) is 4.89. The fourth-order valence-corrected chi connectivity index (χ4v) is 6.89. The normalized spacial score (nSPS) is 43.1. The number of ether oxygens (including phenoxy) is 1. The van der Waals surface area contributed by atoms with Crippen molar-refractivity contribution in [2.75, 3.05) is 11.5 Å². The zero-order chi connectivity index (χ0) is 18.4. The Kier molecular flexibility index (Phi) is 2.83. The number of anilines is 1. The molecule has 7 rings (SSSR count). The van der Waals surface area contributed by atoms with Gasteiger partial charge < -0.3 is 4.74 Å². The molecule has 1 aromatic rings. The monoisotopic (exact) mass is 362 g/mol. The van der Waals surface area contributed by atoms with E-state index in [2.05, 4.69) is 12.2 Å². The lowest BCUT2D eigenvalue weighted by atomic mass is 9.42. The number of aliphatic imine (C=N–C) groups is 1. The fraction of sp³-hybridized carbons (Fsp3) is 0.500. The van der Waals surface area contributed by atoms with Crippen LogP contribution >= 0.6 is 0 Å². The van der Waals surface area contributed by atoms with Crippen LogP contribution in [0.25, 0.3) is 0 Å². The zero-order valence-electron chi connectivity index (χ0n) is 15.3. The molecule has 2 amide bonds. The van der Waals surface area contributed by atoms with Crippen LogP contribution in [0, 0.1) is 29.1 Å². The molecule has 1 aromatic carbocycles. The number of hydrogen-bond donors (Lipinski definition) is 0. The van der Waals surface area contributed by atoms with Crippen molar-refractivity contribution in [3.63, 3.8) is 0 Å². The van der Waals surface area contributed by atoms with Gasteiger partial charge in [-0.2, -0.15) is 0 Å². The van der Waals surface area contributed by atoms with E-state index in [0.29, 0.717) is 12.3 Å². The minimum atomic E-state index is -0.287. The van der Waals surface area contributed by atoms with Crippen LogP contribution in [0.4, 0.5) is 5.69 Å². The first kappa shape index (κ1) is 15.6. The van der Waals surface area contributed by atoms with Crippen molar-refractivity contribution in [2.45, 2.75) is 31.7 Å². The average molecular weight is 362 g/mol. The van der Waals surface area contributed by atoms with E-state index in [4.69, 9.17) is 9.73 Å². The molecule has 0 spiro atoms. The highest BCUT2D eigenvalue weighted by Gasteiger charge is 2.80. The van der Waals surface area contributed by atoms with Gasteiger partial charge in [-0.05, 0) is 38.3 Å². The van der Waals surface area contributed by atoms with Crippen LogP contribution in [0.2, 0.25) is 0 Å².